The van der Waals surface area contributed by atoms with E-state index in [1.807, 2.05) is 37.3 Å². The normalized spacial score (nSPS) is 16.4. The lowest BCUT2D eigenvalue weighted by atomic mass is 10.0. The fraction of sp³-hybridized carbons (Fsp3) is 0.320. The van der Waals surface area contributed by atoms with E-state index < -0.39 is 0 Å². The van der Waals surface area contributed by atoms with Gasteiger partial charge in [0.1, 0.15) is 11.6 Å². The van der Waals surface area contributed by atoms with E-state index in [0.717, 1.165) is 26.2 Å². The van der Waals surface area contributed by atoms with Gasteiger partial charge in [0.05, 0.1) is 24.4 Å². The van der Waals surface area contributed by atoms with Crippen LogP contribution in [0.4, 0.5) is 10.1 Å². The Hall–Kier alpha value is -2.90. The molecule has 4 rings (SSSR count). The van der Waals surface area contributed by atoms with Crippen molar-refractivity contribution in [3.8, 4) is 5.75 Å². The lowest BCUT2D eigenvalue weighted by molar-refractivity contribution is 0.0887. The fourth-order valence-electron chi connectivity index (χ4n) is 4.35. The number of methoxy groups -OCH3 is 1. The third kappa shape index (κ3) is 4.79. The van der Waals surface area contributed by atoms with Crippen LogP contribution in [0.3, 0.4) is 0 Å². The molecule has 1 aliphatic heterocycles. The van der Waals surface area contributed by atoms with E-state index in [0.29, 0.717) is 17.0 Å². The number of piperazine rings is 1. The maximum Gasteiger partial charge on any atom is 0.255 e. The third-order valence-electron chi connectivity index (χ3n) is 5.92. The molecule has 0 aliphatic carbocycles. The number of anilines is 1. The molecule has 1 amide bonds. The number of carbonyl (C=O) groups is 1. The van der Waals surface area contributed by atoms with Crippen LogP contribution in [0.15, 0.2) is 66.0 Å². The fourth-order valence-corrected chi connectivity index (χ4v) is 5.31. The second-order valence-corrected chi connectivity index (χ2v) is 8.88. The molecule has 3 aromatic rings. The molecule has 0 radical (unpaired) electrons. The number of hydrogen-bond donors (Lipinski definition) is 1. The number of thiophene rings is 1. The minimum Gasteiger partial charge on any atom is -0.496 e. The van der Waals surface area contributed by atoms with Gasteiger partial charge in [0.25, 0.3) is 5.91 Å². The monoisotopic (exact) mass is 453 g/mol. The van der Waals surface area contributed by atoms with Crippen LogP contribution in [-0.2, 0) is 0 Å². The van der Waals surface area contributed by atoms with Crippen LogP contribution in [-0.4, -0.2) is 50.1 Å². The van der Waals surface area contributed by atoms with Gasteiger partial charge in [-0.15, -0.1) is 11.3 Å². The molecule has 7 heteroatoms. The van der Waals surface area contributed by atoms with Gasteiger partial charge in [-0.3, -0.25) is 9.69 Å². The number of nitrogens with one attached hydrogen (secondary N) is 1. The minimum atomic E-state index is -0.187. The van der Waals surface area contributed by atoms with E-state index in [-0.39, 0.29) is 23.8 Å². The first kappa shape index (κ1) is 22.3. The SMILES string of the molecule is COc1ccccc1C(=O)N[C@H](C)[C@@H](c1cccs1)N1CCN(c2ccccc2F)CC1. The largest absolute Gasteiger partial charge is 0.496 e. The molecule has 5 nitrogen and oxygen atoms in total. The molecular formula is C25H28FN3O2S. The molecule has 1 aliphatic rings. The van der Waals surface area contributed by atoms with Crippen molar-refractivity contribution in [3.05, 3.63) is 82.3 Å². The lowest BCUT2D eigenvalue weighted by Crippen LogP contribution is -2.52. The summed E-state index contributed by atoms with van der Waals surface area (Å²) >= 11 is 1.69. The summed E-state index contributed by atoms with van der Waals surface area (Å²) in [5.74, 6) is 0.220. The van der Waals surface area contributed by atoms with Crippen molar-refractivity contribution >= 4 is 22.9 Å². The van der Waals surface area contributed by atoms with Crippen LogP contribution in [0.25, 0.3) is 0 Å². The summed E-state index contributed by atoms with van der Waals surface area (Å²) in [6.45, 7) is 5.07. The Morgan fingerprint density at radius 2 is 1.75 bits per heavy atom. The van der Waals surface area contributed by atoms with Gasteiger partial charge in [-0.2, -0.15) is 0 Å². The van der Waals surface area contributed by atoms with E-state index in [1.54, 1.807) is 36.6 Å². The number of carbonyl (C=O) groups excluding carboxylic acids is 1. The van der Waals surface area contributed by atoms with Crippen molar-refractivity contribution in [2.45, 2.75) is 19.0 Å². The van der Waals surface area contributed by atoms with Crippen molar-refractivity contribution in [2.24, 2.45) is 0 Å². The van der Waals surface area contributed by atoms with E-state index in [1.165, 1.54) is 10.9 Å². The maximum atomic E-state index is 14.2. The zero-order valence-corrected chi connectivity index (χ0v) is 19.1. The molecule has 0 bridgehead atoms. The Morgan fingerprint density at radius 3 is 2.44 bits per heavy atom. The smallest absolute Gasteiger partial charge is 0.255 e. The molecule has 0 unspecified atom stereocenters. The van der Waals surface area contributed by atoms with Crippen molar-refractivity contribution in [3.63, 3.8) is 0 Å². The van der Waals surface area contributed by atoms with Gasteiger partial charge in [-0.05, 0) is 42.6 Å². The van der Waals surface area contributed by atoms with Crippen LogP contribution in [0, 0.1) is 5.82 Å². The summed E-state index contributed by atoms with van der Waals surface area (Å²) in [7, 11) is 1.57. The molecular weight excluding hydrogens is 425 g/mol. The maximum absolute atomic E-state index is 14.2. The Kier molecular flexibility index (Phi) is 7.07. The number of rotatable bonds is 7. The lowest BCUT2D eigenvalue weighted by Gasteiger charge is -2.42. The summed E-state index contributed by atoms with van der Waals surface area (Å²) in [5.41, 5.74) is 1.17. The molecule has 1 fully saturated rings. The molecule has 32 heavy (non-hydrogen) atoms. The van der Waals surface area contributed by atoms with Gasteiger partial charge in [0, 0.05) is 37.1 Å². The first-order valence-corrected chi connectivity index (χ1v) is 11.7. The van der Waals surface area contributed by atoms with Crippen molar-refractivity contribution in [2.75, 3.05) is 38.2 Å². The Balaban J connectivity index is 1.49. The third-order valence-corrected chi connectivity index (χ3v) is 6.86. The van der Waals surface area contributed by atoms with Crippen LogP contribution >= 0.6 is 11.3 Å². The minimum absolute atomic E-state index is 0.0384. The van der Waals surface area contributed by atoms with Crippen molar-refractivity contribution in [1.82, 2.24) is 10.2 Å². The van der Waals surface area contributed by atoms with Gasteiger partial charge in [-0.25, -0.2) is 4.39 Å². The number of benzene rings is 2. The summed E-state index contributed by atoms with van der Waals surface area (Å²) < 4.78 is 19.6. The molecule has 0 spiro atoms. The number of hydrogen-bond acceptors (Lipinski definition) is 5. The first-order chi connectivity index (χ1) is 15.6. The van der Waals surface area contributed by atoms with Crippen LogP contribution in [0.1, 0.15) is 28.2 Å². The van der Waals surface area contributed by atoms with Gasteiger partial charge < -0.3 is 15.0 Å². The van der Waals surface area contributed by atoms with Gasteiger partial charge in [0.2, 0.25) is 0 Å². The highest BCUT2D eigenvalue weighted by atomic mass is 32.1. The number of amides is 1. The predicted molar refractivity (Wildman–Crippen MR) is 127 cm³/mol. The van der Waals surface area contributed by atoms with Crippen molar-refractivity contribution in [1.29, 1.82) is 0 Å². The van der Waals surface area contributed by atoms with Gasteiger partial charge >= 0.3 is 0 Å². The van der Waals surface area contributed by atoms with E-state index in [2.05, 4.69) is 26.6 Å². The number of ether oxygens (including phenoxy) is 1. The highest BCUT2D eigenvalue weighted by molar-refractivity contribution is 7.10. The number of para-hydroxylation sites is 2. The summed E-state index contributed by atoms with van der Waals surface area (Å²) in [4.78, 5) is 18.7. The Bertz CT molecular complexity index is 1040. The van der Waals surface area contributed by atoms with Crippen LogP contribution in [0.5, 0.6) is 5.75 Å². The molecule has 168 valence electrons. The van der Waals surface area contributed by atoms with Crippen LogP contribution < -0.4 is 15.0 Å². The highest BCUT2D eigenvalue weighted by Gasteiger charge is 2.31. The number of halogens is 1. The Labute approximate surface area is 192 Å². The topological polar surface area (TPSA) is 44.8 Å². The quantitative estimate of drug-likeness (QED) is 0.569. The van der Waals surface area contributed by atoms with Gasteiger partial charge in [0.15, 0.2) is 0 Å². The molecule has 0 saturated carbocycles. The molecule has 1 aromatic heterocycles. The van der Waals surface area contributed by atoms with Gasteiger partial charge in [-0.1, -0.05) is 30.3 Å². The van der Waals surface area contributed by atoms with E-state index in [9.17, 15) is 9.18 Å². The molecule has 1 N–H and O–H groups in total. The zero-order chi connectivity index (χ0) is 22.5. The van der Waals surface area contributed by atoms with E-state index >= 15 is 0 Å². The van der Waals surface area contributed by atoms with Crippen molar-refractivity contribution < 1.29 is 13.9 Å². The second kappa shape index (κ2) is 10.1. The summed E-state index contributed by atoms with van der Waals surface area (Å²) in [6.07, 6.45) is 0. The average molecular weight is 454 g/mol. The Morgan fingerprint density at radius 1 is 1.03 bits per heavy atom. The summed E-state index contributed by atoms with van der Waals surface area (Å²) in [6, 6.07) is 18.2. The second-order valence-electron chi connectivity index (χ2n) is 7.90. The molecule has 1 saturated heterocycles. The summed E-state index contributed by atoms with van der Waals surface area (Å²) in [5, 5.41) is 5.24. The average Bonchev–Trinajstić information content (AvgIpc) is 3.34. The predicted octanol–water partition coefficient (Wildman–Crippen LogP) is 4.58. The molecule has 2 aromatic carbocycles. The molecule has 2 heterocycles. The highest BCUT2D eigenvalue weighted by Crippen LogP contribution is 2.31. The first-order valence-electron chi connectivity index (χ1n) is 10.8. The van der Waals surface area contributed by atoms with E-state index in [4.69, 9.17) is 4.74 Å². The molecule has 2 atom stereocenters. The zero-order valence-electron chi connectivity index (χ0n) is 18.3. The van der Waals surface area contributed by atoms with Crippen LogP contribution in [0.2, 0.25) is 0 Å². The number of nitrogens with zero attached hydrogens (tertiary/aromatic N) is 2. The standard InChI is InChI=1S/C25H28FN3O2S/c1-18(27-25(30)19-8-3-6-11-22(19)31-2)24(23-12-7-17-32-23)29-15-13-28(14-16-29)21-10-5-4-9-20(21)26/h3-12,17-18,24H,13-16H2,1-2H3,(H,27,30)/t18-,24+/m1/s1.